The molecule has 0 aliphatic carbocycles. The van der Waals surface area contributed by atoms with E-state index in [0.29, 0.717) is 0 Å². The van der Waals surface area contributed by atoms with Crippen molar-refractivity contribution in [3.8, 4) is 0 Å². The van der Waals surface area contributed by atoms with Crippen molar-refractivity contribution in [2.75, 3.05) is 6.61 Å². The smallest absolute Gasteiger partial charge is 0.352 e. The van der Waals surface area contributed by atoms with Crippen LogP contribution in [0.25, 0.3) is 0 Å². The number of nitro groups is 1. The van der Waals surface area contributed by atoms with Crippen molar-refractivity contribution in [3.05, 3.63) is 38.9 Å². The van der Waals surface area contributed by atoms with Crippen LogP contribution in [0.15, 0.2) is 18.2 Å². The Morgan fingerprint density at radius 1 is 1.35 bits per heavy atom. The number of nitrogens with zero attached hydrogens (tertiary/aromatic N) is 1. The van der Waals surface area contributed by atoms with E-state index in [2.05, 4.69) is 9.47 Å². The van der Waals surface area contributed by atoms with E-state index in [9.17, 15) is 24.5 Å². The summed E-state index contributed by atoms with van der Waals surface area (Å²) in [5.74, 6) is -2.88. The Morgan fingerprint density at radius 2 is 2.00 bits per heavy atom. The van der Waals surface area contributed by atoms with Crippen LogP contribution in [0.1, 0.15) is 17.3 Å². The quantitative estimate of drug-likeness (QED) is 0.358. The Morgan fingerprint density at radius 3 is 2.50 bits per heavy atom. The van der Waals surface area contributed by atoms with Crippen LogP contribution in [-0.2, 0) is 19.1 Å². The summed E-state index contributed by atoms with van der Waals surface area (Å²) in [6.45, 7) is 0.369. The zero-order valence-corrected chi connectivity index (χ0v) is 10.9. The maximum absolute atomic E-state index is 11.6. The number of benzene rings is 1. The molecule has 0 bridgehead atoms. The summed E-state index contributed by atoms with van der Waals surface area (Å²) in [6, 6.07) is 3.05. The van der Waals surface area contributed by atoms with Crippen LogP contribution in [0.5, 0.6) is 0 Å². The molecule has 0 aliphatic rings. The molecule has 0 spiro atoms. The van der Waals surface area contributed by atoms with Crippen molar-refractivity contribution < 1.29 is 28.8 Å². The van der Waals surface area contributed by atoms with E-state index < -0.39 is 29.4 Å². The van der Waals surface area contributed by atoms with Gasteiger partial charge >= 0.3 is 17.9 Å². The first-order chi connectivity index (χ1) is 9.31. The van der Waals surface area contributed by atoms with Gasteiger partial charge in [-0.25, -0.2) is 9.59 Å². The van der Waals surface area contributed by atoms with E-state index in [-0.39, 0.29) is 16.3 Å². The molecule has 0 aliphatic heterocycles. The molecule has 0 aromatic heterocycles. The average Bonchev–Trinajstić information content (AvgIpc) is 2.35. The highest BCUT2D eigenvalue weighted by Gasteiger charge is 2.19. The summed E-state index contributed by atoms with van der Waals surface area (Å²) in [6.07, 6.45) is 0. The fourth-order valence-electron chi connectivity index (χ4n) is 1.13. The van der Waals surface area contributed by atoms with Crippen molar-refractivity contribution in [1.29, 1.82) is 0 Å². The van der Waals surface area contributed by atoms with E-state index >= 15 is 0 Å². The topological polar surface area (TPSA) is 113 Å². The number of carbonyl (C=O) groups excluding carboxylic acids is 3. The van der Waals surface area contributed by atoms with Gasteiger partial charge in [0, 0.05) is 19.1 Å². The van der Waals surface area contributed by atoms with Gasteiger partial charge in [-0.2, -0.15) is 0 Å². The second-order valence-corrected chi connectivity index (χ2v) is 3.87. The van der Waals surface area contributed by atoms with Crippen LogP contribution in [0.4, 0.5) is 5.69 Å². The van der Waals surface area contributed by atoms with Crippen molar-refractivity contribution >= 4 is 35.2 Å². The molecule has 0 amide bonds. The van der Waals surface area contributed by atoms with Gasteiger partial charge in [-0.05, 0) is 6.07 Å². The Bertz CT molecular complexity index is 584. The van der Waals surface area contributed by atoms with Gasteiger partial charge in [-0.1, -0.05) is 11.6 Å². The Balaban J connectivity index is 2.75. The summed E-state index contributed by atoms with van der Waals surface area (Å²) in [5, 5.41) is 10.3. The average molecular weight is 302 g/mol. The number of hydrogen-bond donors (Lipinski definition) is 0. The van der Waals surface area contributed by atoms with Crippen molar-refractivity contribution in [2.24, 2.45) is 0 Å². The number of ether oxygens (including phenoxy) is 2. The summed E-state index contributed by atoms with van der Waals surface area (Å²) >= 11 is 5.68. The number of hydrogen-bond acceptors (Lipinski definition) is 7. The Hall–Kier alpha value is -2.48. The molecule has 0 heterocycles. The molecule has 0 atom stereocenters. The van der Waals surface area contributed by atoms with Crippen molar-refractivity contribution in [3.63, 3.8) is 0 Å². The molecule has 106 valence electrons. The zero-order chi connectivity index (χ0) is 15.3. The minimum absolute atomic E-state index is 0.214. The monoisotopic (exact) mass is 301 g/mol. The van der Waals surface area contributed by atoms with E-state index in [4.69, 9.17) is 11.6 Å². The Kier molecular flexibility index (Phi) is 5.15. The highest BCUT2D eigenvalue weighted by atomic mass is 35.5. The molecule has 9 heteroatoms. The van der Waals surface area contributed by atoms with E-state index in [1.807, 2.05) is 0 Å². The van der Waals surface area contributed by atoms with Crippen LogP contribution in [-0.4, -0.2) is 29.4 Å². The number of halogens is 1. The molecule has 1 aromatic carbocycles. The minimum atomic E-state index is -1.10. The third-order valence-electron chi connectivity index (χ3n) is 1.98. The predicted molar refractivity (Wildman–Crippen MR) is 65.2 cm³/mol. The summed E-state index contributed by atoms with van der Waals surface area (Å²) < 4.78 is 8.69. The van der Waals surface area contributed by atoms with Crippen LogP contribution < -0.4 is 0 Å². The van der Waals surface area contributed by atoms with Crippen LogP contribution in [0.3, 0.4) is 0 Å². The molecule has 1 rings (SSSR count). The number of esters is 3. The second kappa shape index (κ2) is 6.62. The fraction of sp³-hybridized carbons (Fsp3) is 0.182. The molecule has 0 N–H and O–H groups in total. The van der Waals surface area contributed by atoms with Gasteiger partial charge in [-0.15, -0.1) is 0 Å². The highest BCUT2D eigenvalue weighted by Crippen LogP contribution is 2.23. The third-order valence-corrected chi connectivity index (χ3v) is 2.30. The molecule has 20 heavy (non-hydrogen) atoms. The summed E-state index contributed by atoms with van der Waals surface area (Å²) in [4.78, 5) is 43.0. The molecular weight excluding hydrogens is 294 g/mol. The van der Waals surface area contributed by atoms with Gasteiger partial charge in [0.05, 0.1) is 15.5 Å². The van der Waals surface area contributed by atoms with Crippen LogP contribution in [0.2, 0.25) is 5.02 Å². The van der Waals surface area contributed by atoms with Crippen molar-refractivity contribution in [2.45, 2.75) is 6.92 Å². The normalized spacial score (nSPS) is 9.70. The lowest BCUT2D eigenvalue weighted by molar-refractivity contribution is -0.384. The molecule has 0 saturated heterocycles. The molecular formula is C11H8ClNO7. The Labute approximate surface area is 117 Å². The van der Waals surface area contributed by atoms with Gasteiger partial charge in [0.1, 0.15) is 0 Å². The number of rotatable bonds is 4. The van der Waals surface area contributed by atoms with Gasteiger partial charge in [0.2, 0.25) is 0 Å². The number of nitro benzene ring substituents is 1. The SMILES string of the molecule is CC(=O)OCC(=O)OC(=O)c1ccc([N+](=O)[O-])cc1Cl. The third kappa shape index (κ3) is 4.32. The largest absolute Gasteiger partial charge is 0.454 e. The molecule has 1 aromatic rings. The first kappa shape index (κ1) is 15.6. The van der Waals surface area contributed by atoms with Gasteiger partial charge in [-0.3, -0.25) is 14.9 Å². The maximum Gasteiger partial charge on any atom is 0.352 e. The van der Waals surface area contributed by atoms with Crippen LogP contribution in [0, 0.1) is 10.1 Å². The molecule has 0 saturated carbocycles. The fourth-order valence-corrected chi connectivity index (χ4v) is 1.38. The number of carbonyl (C=O) groups is 3. The number of non-ortho nitro benzene ring substituents is 1. The minimum Gasteiger partial charge on any atom is -0.454 e. The highest BCUT2D eigenvalue weighted by molar-refractivity contribution is 6.34. The molecule has 0 radical (unpaired) electrons. The van der Waals surface area contributed by atoms with Crippen molar-refractivity contribution in [1.82, 2.24) is 0 Å². The lowest BCUT2D eigenvalue weighted by Gasteiger charge is -2.04. The van der Waals surface area contributed by atoms with Gasteiger partial charge in [0.15, 0.2) is 6.61 Å². The van der Waals surface area contributed by atoms with Crippen LogP contribution >= 0.6 is 11.6 Å². The maximum atomic E-state index is 11.6. The molecule has 8 nitrogen and oxygen atoms in total. The van der Waals surface area contributed by atoms with Gasteiger partial charge in [0.25, 0.3) is 5.69 Å². The predicted octanol–water partition coefficient (Wildman–Crippen LogP) is 1.49. The molecule has 0 unspecified atom stereocenters. The first-order valence-electron chi connectivity index (χ1n) is 5.13. The second-order valence-electron chi connectivity index (χ2n) is 3.46. The first-order valence-corrected chi connectivity index (χ1v) is 5.51. The zero-order valence-electron chi connectivity index (χ0n) is 10.1. The summed E-state index contributed by atoms with van der Waals surface area (Å²) in [7, 11) is 0. The summed E-state index contributed by atoms with van der Waals surface area (Å²) in [5.41, 5.74) is -0.522. The van der Waals surface area contributed by atoms with E-state index in [0.717, 1.165) is 25.1 Å². The van der Waals surface area contributed by atoms with E-state index in [1.54, 1.807) is 0 Å². The lowest BCUT2D eigenvalue weighted by atomic mass is 10.2. The standard InChI is InChI=1S/C11H8ClNO7/c1-6(14)19-5-10(15)20-11(16)8-3-2-7(13(17)18)4-9(8)12/h2-4H,5H2,1H3. The molecule has 0 fully saturated rings. The van der Waals surface area contributed by atoms with Gasteiger partial charge < -0.3 is 9.47 Å². The van der Waals surface area contributed by atoms with E-state index in [1.165, 1.54) is 0 Å². The lowest BCUT2D eigenvalue weighted by Crippen LogP contribution is -2.19.